The first-order chi connectivity index (χ1) is 9.02. The quantitative estimate of drug-likeness (QED) is 0.587. The van der Waals surface area contributed by atoms with Gasteiger partial charge in [-0.05, 0) is 31.0 Å². The number of rotatable bonds is 7. The Morgan fingerprint density at radius 3 is 2.53 bits per heavy atom. The first-order valence-electron chi connectivity index (χ1n) is 6.72. The minimum Gasteiger partial charge on any atom is -0.427 e. The van der Waals surface area contributed by atoms with Crippen LogP contribution in [0.4, 0.5) is 0 Å². The number of carbonyl (C=O) groups excluding carboxylic acids is 1. The van der Waals surface area contributed by atoms with Gasteiger partial charge in [0.1, 0.15) is 5.75 Å². The second-order valence-corrected chi connectivity index (χ2v) is 4.78. The molecule has 0 fully saturated rings. The Kier molecular flexibility index (Phi) is 6.53. The molecule has 0 bridgehead atoms. The molecule has 2 atom stereocenters. The number of aliphatic hydroxyl groups excluding tert-OH is 1. The maximum atomic E-state index is 10.8. The van der Waals surface area contributed by atoms with Crippen LogP contribution in [0.1, 0.15) is 45.3 Å². The van der Waals surface area contributed by atoms with Gasteiger partial charge in [-0.3, -0.25) is 4.79 Å². The highest BCUT2D eigenvalue weighted by molar-refractivity contribution is 5.69. The van der Waals surface area contributed by atoms with Crippen LogP contribution in [0, 0.1) is 0 Å². The standard InChI is InChI=1S/C15H23NO3/c1-4-5-11(2)16-10-15(18)13-6-8-14(9-7-13)19-12(3)17/h6-9,11,15-16,18H,4-5,10H2,1-3H3. The number of nitrogens with one attached hydrogen (secondary N) is 1. The second-order valence-electron chi connectivity index (χ2n) is 4.78. The van der Waals surface area contributed by atoms with Crippen LogP contribution >= 0.6 is 0 Å². The fraction of sp³-hybridized carbons (Fsp3) is 0.533. The average molecular weight is 265 g/mol. The highest BCUT2D eigenvalue weighted by Gasteiger charge is 2.09. The molecule has 0 aliphatic rings. The number of carbonyl (C=O) groups is 1. The fourth-order valence-corrected chi connectivity index (χ4v) is 1.89. The number of ether oxygens (including phenoxy) is 1. The van der Waals surface area contributed by atoms with Gasteiger partial charge in [-0.1, -0.05) is 25.5 Å². The molecule has 0 aromatic heterocycles. The van der Waals surface area contributed by atoms with Crippen molar-refractivity contribution >= 4 is 5.97 Å². The van der Waals surface area contributed by atoms with E-state index < -0.39 is 6.10 Å². The molecular weight excluding hydrogens is 242 g/mol. The Labute approximate surface area is 114 Å². The van der Waals surface area contributed by atoms with E-state index in [0.29, 0.717) is 18.3 Å². The molecule has 1 rings (SSSR count). The molecule has 4 nitrogen and oxygen atoms in total. The molecule has 0 aliphatic carbocycles. The highest BCUT2D eigenvalue weighted by atomic mass is 16.5. The van der Waals surface area contributed by atoms with Gasteiger partial charge >= 0.3 is 5.97 Å². The lowest BCUT2D eigenvalue weighted by Crippen LogP contribution is -2.30. The van der Waals surface area contributed by atoms with Crippen LogP contribution in [0.3, 0.4) is 0 Å². The molecule has 0 spiro atoms. The molecule has 106 valence electrons. The zero-order valence-electron chi connectivity index (χ0n) is 11.8. The molecule has 0 heterocycles. The Hall–Kier alpha value is -1.39. The van der Waals surface area contributed by atoms with Gasteiger partial charge in [0.2, 0.25) is 0 Å². The summed E-state index contributed by atoms with van der Waals surface area (Å²) in [6, 6.07) is 7.33. The van der Waals surface area contributed by atoms with Gasteiger partial charge in [-0.15, -0.1) is 0 Å². The lowest BCUT2D eigenvalue weighted by atomic mass is 10.1. The molecule has 0 saturated carbocycles. The van der Waals surface area contributed by atoms with Crippen molar-refractivity contribution in [2.75, 3.05) is 6.54 Å². The van der Waals surface area contributed by atoms with Crippen molar-refractivity contribution < 1.29 is 14.6 Å². The summed E-state index contributed by atoms with van der Waals surface area (Å²) in [4.78, 5) is 10.8. The Bertz CT molecular complexity index is 389. The molecule has 2 N–H and O–H groups in total. The smallest absolute Gasteiger partial charge is 0.308 e. The lowest BCUT2D eigenvalue weighted by molar-refractivity contribution is -0.131. The van der Waals surface area contributed by atoms with Crippen LogP contribution in [0.5, 0.6) is 5.75 Å². The van der Waals surface area contributed by atoms with Crippen LogP contribution < -0.4 is 10.1 Å². The van der Waals surface area contributed by atoms with Crippen molar-refractivity contribution in [3.63, 3.8) is 0 Å². The van der Waals surface area contributed by atoms with E-state index in [2.05, 4.69) is 19.2 Å². The SMILES string of the molecule is CCCC(C)NCC(O)c1ccc(OC(C)=O)cc1. The number of hydrogen-bond donors (Lipinski definition) is 2. The van der Waals surface area contributed by atoms with Crippen molar-refractivity contribution in [2.45, 2.75) is 45.8 Å². The predicted molar refractivity (Wildman–Crippen MR) is 75.1 cm³/mol. The minimum absolute atomic E-state index is 0.344. The molecular formula is C15H23NO3. The number of hydrogen-bond acceptors (Lipinski definition) is 4. The van der Waals surface area contributed by atoms with E-state index in [1.165, 1.54) is 6.92 Å². The average Bonchev–Trinajstić information content (AvgIpc) is 2.36. The van der Waals surface area contributed by atoms with Gasteiger partial charge in [0.05, 0.1) is 6.10 Å². The monoisotopic (exact) mass is 265 g/mol. The van der Waals surface area contributed by atoms with E-state index in [1.54, 1.807) is 24.3 Å². The number of aliphatic hydroxyl groups is 1. The second kappa shape index (κ2) is 7.92. The van der Waals surface area contributed by atoms with E-state index in [4.69, 9.17) is 4.74 Å². The highest BCUT2D eigenvalue weighted by Crippen LogP contribution is 2.17. The summed E-state index contributed by atoms with van der Waals surface area (Å²) in [5.74, 6) is 0.152. The maximum absolute atomic E-state index is 10.8. The summed E-state index contributed by atoms with van der Waals surface area (Å²) < 4.78 is 4.94. The fourth-order valence-electron chi connectivity index (χ4n) is 1.89. The van der Waals surface area contributed by atoms with Gasteiger partial charge in [0.15, 0.2) is 0 Å². The largest absolute Gasteiger partial charge is 0.427 e. The summed E-state index contributed by atoms with van der Waals surface area (Å²) in [5, 5.41) is 13.3. The third kappa shape index (κ3) is 5.85. The summed E-state index contributed by atoms with van der Waals surface area (Å²) in [7, 11) is 0. The Morgan fingerprint density at radius 2 is 2.00 bits per heavy atom. The molecule has 0 radical (unpaired) electrons. The van der Waals surface area contributed by atoms with Crippen molar-refractivity contribution in [1.82, 2.24) is 5.32 Å². The molecule has 0 amide bonds. The van der Waals surface area contributed by atoms with E-state index >= 15 is 0 Å². The molecule has 0 aliphatic heterocycles. The third-order valence-corrected chi connectivity index (χ3v) is 2.91. The van der Waals surface area contributed by atoms with Crippen molar-refractivity contribution in [3.05, 3.63) is 29.8 Å². The first-order valence-corrected chi connectivity index (χ1v) is 6.72. The number of esters is 1. The zero-order chi connectivity index (χ0) is 14.3. The Morgan fingerprint density at radius 1 is 1.37 bits per heavy atom. The van der Waals surface area contributed by atoms with Gasteiger partial charge in [-0.2, -0.15) is 0 Å². The van der Waals surface area contributed by atoms with E-state index in [9.17, 15) is 9.90 Å². The van der Waals surface area contributed by atoms with Crippen LogP contribution in [0.25, 0.3) is 0 Å². The topological polar surface area (TPSA) is 58.6 Å². The van der Waals surface area contributed by atoms with Gasteiger partial charge in [-0.25, -0.2) is 0 Å². The number of benzene rings is 1. The molecule has 4 heteroatoms. The van der Waals surface area contributed by atoms with Crippen LogP contribution in [0.2, 0.25) is 0 Å². The lowest BCUT2D eigenvalue weighted by Gasteiger charge is -2.17. The van der Waals surface area contributed by atoms with E-state index in [-0.39, 0.29) is 5.97 Å². The van der Waals surface area contributed by atoms with Crippen molar-refractivity contribution in [2.24, 2.45) is 0 Å². The van der Waals surface area contributed by atoms with Crippen molar-refractivity contribution in [3.8, 4) is 5.75 Å². The van der Waals surface area contributed by atoms with Crippen LogP contribution in [-0.4, -0.2) is 23.7 Å². The van der Waals surface area contributed by atoms with Gasteiger partial charge in [0.25, 0.3) is 0 Å². The third-order valence-electron chi connectivity index (χ3n) is 2.91. The van der Waals surface area contributed by atoms with Crippen LogP contribution in [-0.2, 0) is 4.79 Å². The molecule has 1 aromatic carbocycles. The van der Waals surface area contributed by atoms with Gasteiger partial charge < -0.3 is 15.2 Å². The molecule has 19 heavy (non-hydrogen) atoms. The predicted octanol–water partition coefficient (Wildman–Crippen LogP) is 2.42. The summed E-state index contributed by atoms with van der Waals surface area (Å²) in [6.45, 7) is 6.14. The molecule has 1 aromatic rings. The first kappa shape index (κ1) is 15.7. The summed E-state index contributed by atoms with van der Waals surface area (Å²) >= 11 is 0. The zero-order valence-corrected chi connectivity index (χ0v) is 11.8. The maximum Gasteiger partial charge on any atom is 0.308 e. The Balaban J connectivity index is 2.48. The minimum atomic E-state index is -0.550. The van der Waals surface area contributed by atoms with Crippen molar-refractivity contribution in [1.29, 1.82) is 0 Å². The molecule has 2 unspecified atom stereocenters. The molecule has 0 saturated heterocycles. The van der Waals surface area contributed by atoms with E-state index in [0.717, 1.165) is 18.4 Å². The summed E-state index contributed by atoms with van der Waals surface area (Å²) in [5.41, 5.74) is 0.812. The normalized spacial score (nSPS) is 13.9. The summed E-state index contributed by atoms with van der Waals surface area (Å²) in [6.07, 6.45) is 1.67. The van der Waals surface area contributed by atoms with Crippen LogP contribution in [0.15, 0.2) is 24.3 Å². The van der Waals surface area contributed by atoms with Gasteiger partial charge in [0, 0.05) is 19.5 Å². The van der Waals surface area contributed by atoms with E-state index in [1.807, 2.05) is 0 Å².